The number of hydrogen-bond donors (Lipinski definition) is 0. The Labute approximate surface area is 155 Å². The van der Waals surface area contributed by atoms with Gasteiger partial charge in [0.15, 0.2) is 0 Å². The van der Waals surface area contributed by atoms with E-state index in [2.05, 4.69) is 9.97 Å². The SMILES string of the molecule is O=[Se](=O)(c1cnc2ccccc2c1Cl)c1cnc2ccccc2c1Cl. The maximum atomic E-state index is 13.2. The number of benzene rings is 2. The molecule has 0 spiro atoms. The number of halogens is 2. The molecule has 0 fully saturated rings. The summed E-state index contributed by atoms with van der Waals surface area (Å²) in [4.78, 5) is 8.43. The normalized spacial score (nSPS) is 11.9. The van der Waals surface area contributed by atoms with E-state index in [0.29, 0.717) is 21.8 Å². The van der Waals surface area contributed by atoms with E-state index in [9.17, 15) is 7.67 Å². The summed E-state index contributed by atoms with van der Waals surface area (Å²) >= 11 is 7.88. The average Bonchev–Trinajstić information content (AvgIpc) is 2.62. The molecule has 0 N–H and O–H groups in total. The minimum absolute atomic E-state index is 0.0180. The summed E-state index contributed by atoms with van der Waals surface area (Å²) in [5.74, 6) is 0. The molecule has 4 aromatic rings. The third-order valence-electron chi connectivity index (χ3n) is 3.93. The number of aromatic nitrogens is 2. The first-order valence-corrected chi connectivity index (χ1v) is 11.2. The quantitative estimate of drug-likeness (QED) is 0.452. The molecule has 124 valence electrons. The van der Waals surface area contributed by atoms with Crippen LogP contribution in [0.25, 0.3) is 21.8 Å². The molecule has 4 rings (SSSR count). The predicted octanol–water partition coefficient (Wildman–Crippen LogP) is 3.51. The van der Waals surface area contributed by atoms with Crippen LogP contribution in [0.5, 0.6) is 0 Å². The van der Waals surface area contributed by atoms with Crippen molar-refractivity contribution in [2.45, 2.75) is 0 Å². The van der Waals surface area contributed by atoms with Gasteiger partial charge in [0.2, 0.25) is 0 Å². The van der Waals surface area contributed by atoms with Crippen molar-refractivity contribution in [3.63, 3.8) is 0 Å². The summed E-state index contributed by atoms with van der Waals surface area (Å²) < 4.78 is 26.3. The van der Waals surface area contributed by atoms with Gasteiger partial charge < -0.3 is 0 Å². The summed E-state index contributed by atoms with van der Waals surface area (Å²) in [6, 6.07) is 14.2. The molecule has 0 saturated carbocycles. The number of nitrogens with zero attached hydrogens (tertiary/aromatic N) is 2. The van der Waals surface area contributed by atoms with Gasteiger partial charge in [-0.2, -0.15) is 0 Å². The van der Waals surface area contributed by atoms with E-state index >= 15 is 0 Å². The number of pyridine rings is 2. The second-order valence-electron chi connectivity index (χ2n) is 5.41. The summed E-state index contributed by atoms with van der Waals surface area (Å²) in [6.45, 7) is 0. The van der Waals surface area contributed by atoms with Gasteiger partial charge in [-0.3, -0.25) is 0 Å². The van der Waals surface area contributed by atoms with Crippen molar-refractivity contribution in [3.05, 3.63) is 71.0 Å². The van der Waals surface area contributed by atoms with Gasteiger partial charge >= 0.3 is 155 Å². The van der Waals surface area contributed by atoms with E-state index in [1.807, 2.05) is 12.1 Å². The van der Waals surface area contributed by atoms with E-state index in [1.54, 1.807) is 36.4 Å². The minimum atomic E-state index is -4.89. The Hall–Kier alpha value is -2.04. The topological polar surface area (TPSA) is 59.9 Å². The van der Waals surface area contributed by atoms with Crippen molar-refractivity contribution >= 4 is 66.6 Å². The molecule has 0 bridgehead atoms. The maximum absolute atomic E-state index is 13.2. The van der Waals surface area contributed by atoms with Gasteiger partial charge in [0, 0.05) is 0 Å². The van der Waals surface area contributed by atoms with E-state index in [1.165, 1.54) is 12.4 Å². The van der Waals surface area contributed by atoms with Crippen LogP contribution in [0.4, 0.5) is 0 Å². The van der Waals surface area contributed by atoms with Gasteiger partial charge in [0.25, 0.3) is 0 Å². The molecule has 25 heavy (non-hydrogen) atoms. The molecular weight excluding hydrogens is 426 g/mol. The zero-order valence-corrected chi connectivity index (χ0v) is 15.9. The van der Waals surface area contributed by atoms with Crippen LogP contribution in [0, 0.1) is 0 Å². The summed E-state index contributed by atoms with van der Waals surface area (Å²) in [5, 5.41) is 1.47. The zero-order chi connectivity index (χ0) is 17.6. The fraction of sp³-hybridized carbons (Fsp3) is 0. The first-order chi connectivity index (χ1) is 12.0. The molecule has 0 amide bonds. The first kappa shape index (κ1) is 16.4. The molecule has 2 aromatic heterocycles. The third-order valence-corrected chi connectivity index (χ3v) is 8.99. The average molecular weight is 436 g/mol. The van der Waals surface area contributed by atoms with Gasteiger partial charge in [-0.15, -0.1) is 0 Å². The Morgan fingerprint density at radius 3 is 1.52 bits per heavy atom. The van der Waals surface area contributed by atoms with Crippen molar-refractivity contribution in [2.24, 2.45) is 0 Å². The molecule has 2 heterocycles. The third kappa shape index (κ3) is 2.60. The molecule has 0 aliphatic carbocycles. The van der Waals surface area contributed by atoms with Gasteiger partial charge in [-0.1, -0.05) is 0 Å². The van der Waals surface area contributed by atoms with Gasteiger partial charge in [0.1, 0.15) is 0 Å². The zero-order valence-electron chi connectivity index (χ0n) is 12.6. The molecule has 0 aliphatic heterocycles. The van der Waals surface area contributed by atoms with E-state index in [4.69, 9.17) is 23.2 Å². The number of fused-ring (bicyclic) bond motifs is 2. The van der Waals surface area contributed by atoms with E-state index < -0.39 is 12.7 Å². The second kappa shape index (κ2) is 6.04. The molecule has 0 radical (unpaired) electrons. The van der Waals surface area contributed by atoms with Crippen LogP contribution in [0.15, 0.2) is 60.9 Å². The predicted molar refractivity (Wildman–Crippen MR) is 99.9 cm³/mol. The molecule has 2 aromatic carbocycles. The Kier molecular flexibility index (Phi) is 3.97. The van der Waals surface area contributed by atoms with Crippen molar-refractivity contribution < 1.29 is 7.67 Å². The molecule has 0 aliphatic rings. The van der Waals surface area contributed by atoms with Crippen LogP contribution >= 0.6 is 23.2 Å². The van der Waals surface area contributed by atoms with Gasteiger partial charge in [-0.25, -0.2) is 0 Å². The number of rotatable bonds is 2. The van der Waals surface area contributed by atoms with Crippen LogP contribution in [-0.4, -0.2) is 22.7 Å². The standard InChI is InChI=1S/C18H10Cl2N2O2Se/c19-17-11-5-1-3-7-13(11)21-9-15(17)25(23,24)16-10-22-14-8-4-2-6-12(14)18(16)20/h1-10H. The molecule has 0 saturated heterocycles. The fourth-order valence-electron chi connectivity index (χ4n) is 2.67. The van der Waals surface area contributed by atoms with Crippen molar-refractivity contribution in [3.8, 4) is 0 Å². The van der Waals surface area contributed by atoms with Gasteiger partial charge in [-0.05, 0) is 0 Å². The van der Waals surface area contributed by atoms with Crippen LogP contribution in [-0.2, 0) is 7.67 Å². The first-order valence-electron chi connectivity index (χ1n) is 7.32. The van der Waals surface area contributed by atoms with Crippen molar-refractivity contribution in [1.29, 1.82) is 0 Å². The molecular formula is C18H10Cl2N2O2Se. The van der Waals surface area contributed by atoms with Crippen molar-refractivity contribution in [1.82, 2.24) is 9.97 Å². The Bertz CT molecular complexity index is 1150. The second-order valence-corrected chi connectivity index (χ2v) is 10.1. The van der Waals surface area contributed by atoms with E-state index in [-0.39, 0.29) is 19.0 Å². The summed E-state index contributed by atoms with van der Waals surface area (Å²) in [6.07, 6.45) is 2.58. The Morgan fingerprint density at radius 1 is 0.680 bits per heavy atom. The molecule has 0 atom stereocenters. The molecule has 7 heteroatoms. The summed E-state index contributed by atoms with van der Waals surface area (Å²) in [7, 11) is 0. The van der Waals surface area contributed by atoms with Crippen LogP contribution in [0.1, 0.15) is 0 Å². The Morgan fingerprint density at radius 2 is 1.08 bits per heavy atom. The summed E-state index contributed by atoms with van der Waals surface area (Å²) in [5.41, 5.74) is 1.26. The van der Waals surface area contributed by atoms with Crippen LogP contribution in [0.2, 0.25) is 10.0 Å². The molecule has 0 unspecified atom stereocenters. The number of para-hydroxylation sites is 2. The monoisotopic (exact) mass is 436 g/mol. The number of hydrogen-bond acceptors (Lipinski definition) is 4. The fourth-order valence-corrected chi connectivity index (χ4v) is 6.90. The van der Waals surface area contributed by atoms with Crippen LogP contribution < -0.4 is 8.92 Å². The Balaban J connectivity index is 2.00. The van der Waals surface area contributed by atoms with Gasteiger partial charge in [0.05, 0.1) is 0 Å². The molecule has 4 nitrogen and oxygen atoms in total. The van der Waals surface area contributed by atoms with Crippen molar-refractivity contribution in [2.75, 3.05) is 0 Å². The van der Waals surface area contributed by atoms with E-state index in [0.717, 1.165) is 0 Å². The van der Waals surface area contributed by atoms with Crippen LogP contribution in [0.3, 0.4) is 0 Å².